The van der Waals surface area contributed by atoms with Gasteiger partial charge >= 0.3 is 0 Å². The van der Waals surface area contributed by atoms with Gasteiger partial charge in [-0.3, -0.25) is 9.48 Å². The molecule has 1 aromatic heterocycles. The molecule has 0 spiro atoms. The van der Waals surface area contributed by atoms with Crippen LogP contribution < -0.4 is 5.73 Å². The molecule has 2 rings (SSSR count). The van der Waals surface area contributed by atoms with Gasteiger partial charge in [-0.1, -0.05) is 43.6 Å². The summed E-state index contributed by atoms with van der Waals surface area (Å²) in [7, 11) is 1.80. The van der Waals surface area contributed by atoms with Crippen molar-refractivity contribution < 1.29 is 4.79 Å². The maximum atomic E-state index is 13.2. The van der Waals surface area contributed by atoms with Crippen LogP contribution in [0.5, 0.6) is 0 Å². The molecule has 0 aliphatic carbocycles. The smallest absolute Gasteiger partial charge is 0.257 e. The molecular formula is C20H29ClN4O. The van der Waals surface area contributed by atoms with E-state index < -0.39 is 0 Å². The number of rotatable bonds is 5. The van der Waals surface area contributed by atoms with Gasteiger partial charge in [-0.05, 0) is 38.8 Å². The Morgan fingerprint density at radius 1 is 1.23 bits per heavy atom. The molecule has 26 heavy (non-hydrogen) atoms. The van der Waals surface area contributed by atoms with E-state index in [0.29, 0.717) is 29.4 Å². The molecule has 0 bridgehead atoms. The van der Waals surface area contributed by atoms with Crippen LogP contribution in [0.15, 0.2) is 30.5 Å². The minimum Gasteiger partial charge on any atom is -0.341 e. The van der Waals surface area contributed by atoms with Crippen molar-refractivity contribution in [1.29, 1.82) is 0 Å². The molecule has 1 heterocycles. The Labute approximate surface area is 161 Å². The molecule has 0 saturated carbocycles. The summed E-state index contributed by atoms with van der Waals surface area (Å²) in [6, 6.07) is 7.46. The summed E-state index contributed by atoms with van der Waals surface area (Å²) in [6.07, 6.45) is 1.81. The van der Waals surface area contributed by atoms with Gasteiger partial charge in [0.05, 0.1) is 16.1 Å². The lowest BCUT2D eigenvalue weighted by atomic mass is 9.93. The highest BCUT2D eigenvalue weighted by atomic mass is 35.5. The number of nitrogens with two attached hydrogens (primary N) is 1. The SMILES string of the molecule is CN(CC(C)(C)CN)C(=O)c1cn(C(C)(C)C)nc1-c1ccccc1Cl. The lowest BCUT2D eigenvalue weighted by Crippen LogP contribution is -2.39. The fourth-order valence-electron chi connectivity index (χ4n) is 2.71. The van der Waals surface area contributed by atoms with E-state index in [1.165, 1.54) is 0 Å². The number of hydrogen-bond acceptors (Lipinski definition) is 3. The molecule has 5 nitrogen and oxygen atoms in total. The Morgan fingerprint density at radius 2 is 1.85 bits per heavy atom. The minimum absolute atomic E-state index is 0.0862. The Kier molecular flexibility index (Phi) is 5.83. The van der Waals surface area contributed by atoms with Crippen LogP contribution in [0.3, 0.4) is 0 Å². The summed E-state index contributed by atoms with van der Waals surface area (Å²) in [4.78, 5) is 14.9. The summed E-state index contributed by atoms with van der Waals surface area (Å²) < 4.78 is 1.82. The lowest BCUT2D eigenvalue weighted by Gasteiger charge is -2.29. The number of carbonyl (C=O) groups excluding carboxylic acids is 1. The molecule has 1 aromatic carbocycles. The summed E-state index contributed by atoms with van der Waals surface area (Å²) in [5.74, 6) is -0.0862. The second-order valence-corrected chi connectivity index (χ2v) is 8.92. The highest BCUT2D eigenvalue weighted by Crippen LogP contribution is 2.31. The first-order valence-corrected chi connectivity index (χ1v) is 9.14. The predicted molar refractivity (Wildman–Crippen MR) is 107 cm³/mol. The van der Waals surface area contributed by atoms with Gasteiger partial charge in [0.1, 0.15) is 5.69 Å². The van der Waals surface area contributed by atoms with E-state index in [-0.39, 0.29) is 16.9 Å². The van der Waals surface area contributed by atoms with Crippen LogP contribution >= 0.6 is 11.6 Å². The number of halogens is 1. The lowest BCUT2D eigenvalue weighted by molar-refractivity contribution is 0.0741. The number of amides is 1. The van der Waals surface area contributed by atoms with Gasteiger partial charge in [0.2, 0.25) is 0 Å². The molecule has 6 heteroatoms. The van der Waals surface area contributed by atoms with Crippen molar-refractivity contribution >= 4 is 17.5 Å². The number of nitrogens with zero attached hydrogens (tertiary/aromatic N) is 3. The topological polar surface area (TPSA) is 64.2 Å². The van der Waals surface area contributed by atoms with Crippen molar-refractivity contribution in [3.63, 3.8) is 0 Å². The third-order valence-corrected chi connectivity index (χ3v) is 4.65. The van der Waals surface area contributed by atoms with Crippen LogP contribution in [0.2, 0.25) is 5.02 Å². The number of benzene rings is 1. The predicted octanol–water partition coefficient (Wildman–Crippen LogP) is 4.02. The Bertz CT molecular complexity index is 789. The molecule has 0 fully saturated rings. The molecule has 2 aromatic rings. The maximum Gasteiger partial charge on any atom is 0.257 e. The van der Waals surface area contributed by atoms with Crippen molar-refractivity contribution in [2.75, 3.05) is 20.1 Å². The van der Waals surface area contributed by atoms with Gasteiger partial charge < -0.3 is 10.6 Å². The van der Waals surface area contributed by atoms with Crippen LogP contribution in [-0.4, -0.2) is 40.7 Å². The standard InChI is InChI=1S/C20H29ClN4O/c1-19(2,3)25-11-15(18(26)24(6)13-20(4,5)12-22)17(23-25)14-9-7-8-10-16(14)21/h7-11H,12-13,22H2,1-6H3. The maximum absolute atomic E-state index is 13.2. The Hall–Kier alpha value is -1.85. The van der Waals surface area contributed by atoms with Gasteiger partial charge in [0, 0.05) is 25.4 Å². The van der Waals surface area contributed by atoms with Gasteiger partial charge in [0.25, 0.3) is 5.91 Å². The first-order chi connectivity index (χ1) is 12.0. The Balaban J connectivity index is 2.51. The van der Waals surface area contributed by atoms with Crippen LogP contribution in [0.25, 0.3) is 11.3 Å². The average molecular weight is 377 g/mol. The molecule has 0 atom stereocenters. The average Bonchev–Trinajstić information content (AvgIpc) is 2.99. The third-order valence-electron chi connectivity index (χ3n) is 4.33. The summed E-state index contributed by atoms with van der Waals surface area (Å²) in [5.41, 5.74) is 7.33. The molecule has 1 amide bonds. The molecule has 2 N–H and O–H groups in total. The van der Waals surface area contributed by atoms with Crippen molar-refractivity contribution in [2.45, 2.75) is 40.2 Å². The normalized spacial score (nSPS) is 12.3. The van der Waals surface area contributed by atoms with Crippen molar-refractivity contribution in [1.82, 2.24) is 14.7 Å². The molecule has 142 valence electrons. The fraction of sp³-hybridized carbons (Fsp3) is 0.500. The zero-order chi connectivity index (χ0) is 19.7. The van der Waals surface area contributed by atoms with Crippen molar-refractivity contribution in [3.05, 3.63) is 41.0 Å². The molecule has 0 radical (unpaired) electrons. The minimum atomic E-state index is -0.246. The molecule has 0 saturated heterocycles. The first-order valence-electron chi connectivity index (χ1n) is 8.77. The van der Waals surface area contributed by atoms with E-state index >= 15 is 0 Å². The number of hydrogen-bond donors (Lipinski definition) is 1. The highest BCUT2D eigenvalue weighted by Gasteiger charge is 2.28. The first kappa shape index (κ1) is 20.5. The van der Waals surface area contributed by atoms with Crippen LogP contribution in [0.4, 0.5) is 0 Å². The second-order valence-electron chi connectivity index (χ2n) is 8.52. The molecule has 0 aliphatic rings. The quantitative estimate of drug-likeness (QED) is 0.857. The third kappa shape index (κ3) is 4.46. The zero-order valence-electron chi connectivity index (χ0n) is 16.5. The van der Waals surface area contributed by atoms with E-state index in [0.717, 1.165) is 5.56 Å². The number of aromatic nitrogens is 2. The zero-order valence-corrected chi connectivity index (χ0v) is 17.3. The van der Waals surface area contributed by atoms with E-state index in [2.05, 4.69) is 0 Å². The Morgan fingerprint density at radius 3 is 2.38 bits per heavy atom. The van der Waals surface area contributed by atoms with E-state index in [9.17, 15) is 4.79 Å². The van der Waals surface area contributed by atoms with Crippen LogP contribution in [0, 0.1) is 5.41 Å². The summed E-state index contributed by atoms with van der Waals surface area (Å²) in [6.45, 7) is 11.3. The van der Waals surface area contributed by atoms with Crippen LogP contribution in [-0.2, 0) is 5.54 Å². The molecule has 0 unspecified atom stereocenters. The van der Waals surface area contributed by atoms with Gasteiger partial charge in [-0.2, -0.15) is 5.10 Å². The largest absolute Gasteiger partial charge is 0.341 e. The van der Waals surface area contributed by atoms with Gasteiger partial charge in [-0.25, -0.2) is 0 Å². The second kappa shape index (κ2) is 7.41. The highest BCUT2D eigenvalue weighted by molar-refractivity contribution is 6.33. The summed E-state index contributed by atoms with van der Waals surface area (Å²) >= 11 is 6.38. The van der Waals surface area contributed by atoms with E-state index in [1.54, 1.807) is 11.9 Å². The van der Waals surface area contributed by atoms with Crippen molar-refractivity contribution in [3.8, 4) is 11.3 Å². The fourth-order valence-corrected chi connectivity index (χ4v) is 2.94. The van der Waals surface area contributed by atoms with E-state index in [1.807, 2.05) is 69.8 Å². The monoisotopic (exact) mass is 376 g/mol. The van der Waals surface area contributed by atoms with Gasteiger partial charge in [0.15, 0.2) is 0 Å². The summed E-state index contributed by atoms with van der Waals surface area (Å²) in [5, 5.41) is 5.27. The number of carbonyl (C=O) groups is 1. The molecule has 0 aliphatic heterocycles. The molecular weight excluding hydrogens is 348 g/mol. The van der Waals surface area contributed by atoms with Gasteiger partial charge in [-0.15, -0.1) is 0 Å². The van der Waals surface area contributed by atoms with Crippen LogP contribution in [0.1, 0.15) is 45.0 Å². The van der Waals surface area contributed by atoms with Crippen molar-refractivity contribution in [2.24, 2.45) is 11.1 Å². The van der Waals surface area contributed by atoms with E-state index in [4.69, 9.17) is 22.4 Å².